The Kier molecular flexibility index (Phi) is 6.53. The molecule has 0 aliphatic carbocycles. The number of nitrogens with two attached hydrogens (primary N) is 1. The molecule has 2 aliphatic heterocycles. The van der Waals surface area contributed by atoms with Gasteiger partial charge in [0.1, 0.15) is 17.7 Å². The van der Waals surface area contributed by atoms with E-state index in [4.69, 9.17) is 5.73 Å². The van der Waals surface area contributed by atoms with Gasteiger partial charge in [0, 0.05) is 12.4 Å². The Hall–Kier alpha value is -3.01. The molecule has 0 aromatic heterocycles. The van der Waals surface area contributed by atoms with Crippen molar-refractivity contribution < 1.29 is 0 Å². The third-order valence-corrected chi connectivity index (χ3v) is 4.93. The predicted octanol–water partition coefficient (Wildman–Crippen LogP) is 4.79. The Bertz CT molecular complexity index is 863. The molecule has 4 nitrogen and oxygen atoms in total. The van der Waals surface area contributed by atoms with Gasteiger partial charge in [0.15, 0.2) is 0 Å². The summed E-state index contributed by atoms with van der Waals surface area (Å²) in [5.41, 5.74) is 12.0. The highest BCUT2D eigenvalue weighted by Crippen LogP contribution is 2.31. The number of aliphatic imine (C=N–C) groups is 1. The Morgan fingerprint density at radius 2 is 1.75 bits per heavy atom. The van der Waals surface area contributed by atoms with Crippen LogP contribution in [0.1, 0.15) is 43.4 Å². The molecule has 4 rings (SSSR count). The van der Waals surface area contributed by atoms with Gasteiger partial charge in [-0.25, -0.2) is 4.99 Å². The Morgan fingerprint density at radius 1 is 1.04 bits per heavy atom. The number of nitrogens with one attached hydrogen (secondary N) is 1. The van der Waals surface area contributed by atoms with Crippen LogP contribution in [-0.4, -0.2) is 16.9 Å². The minimum Gasteiger partial charge on any atom is -0.382 e. The van der Waals surface area contributed by atoms with E-state index in [2.05, 4.69) is 72.4 Å². The van der Waals surface area contributed by atoms with Gasteiger partial charge in [-0.05, 0) is 30.9 Å². The minimum absolute atomic E-state index is 0.246. The topological polar surface area (TPSA) is 53.6 Å². The van der Waals surface area contributed by atoms with E-state index >= 15 is 0 Å². The fraction of sp³-hybridized carbons (Fsp3) is 0.292. The van der Waals surface area contributed by atoms with Gasteiger partial charge < -0.3 is 16.0 Å². The molecule has 146 valence electrons. The van der Waals surface area contributed by atoms with E-state index in [0.717, 1.165) is 24.2 Å². The van der Waals surface area contributed by atoms with Gasteiger partial charge in [-0.1, -0.05) is 80.4 Å². The summed E-state index contributed by atoms with van der Waals surface area (Å²) in [6.45, 7) is 6.45. The minimum atomic E-state index is 0.246. The maximum Gasteiger partial charge on any atom is 0.149 e. The summed E-state index contributed by atoms with van der Waals surface area (Å²) >= 11 is 0. The summed E-state index contributed by atoms with van der Waals surface area (Å²) in [5.74, 6) is 0.577. The average molecular weight is 375 g/mol. The summed E-state index contributed by atoms with van der Waals surface area (Å²) in [7, 11) is 0. The fourth-order valence-corrected chi connectivity index (χ4v) is 3.45. The Balaban J connectivity index is 0.000000271. The SMILES string of the molecule is CCCc1ccc(C2=C3C(N)=NC=CN3C(CC)N2)cc1.Cc1ccccc1. The lowest BCUT2D eigenvalue weighted by Gasteiger charge is -2.25. The van der Waals surface area contributed by atoms with Gasteiger partial charge in [0.25, 0.3) is 0 Å². The van der Waals surface area contributed by atoms with Crippen molar-refractivity contribution in [3.63, 3.8) is 0 Å². The van der Waals surface area contributed by atoms with E-state index in [9.17, 15) is 0 Å². The first kappa shape index (κ1) is 19.7. The quantitative estimate of drug-likeness (QED) is 0.809. The molecule has 4 heteroatoms. The first-order valence-corrected chi connectivity index (χ1v) is 10.0. The first-order valence-electron chi connectivity index (χ1n) is 10.0. The second-order valence-corrected chi connectivity index (χ2v) is 7.11. The zero-order valence-corrected chi connectivity index (χ0v) is 17.0. The van der Waals surface area contributed by atoms with Crippen molar-refractivity contribution in [1.29, 1.82) is 0 Å². The maximum atomic E-state index is 6.10. The highest BCUT2D eigenvalue weighted by molar-refractivity contribution is 6.05. The van der Waals surface area contributed by atoms with Gasteiger partial charge in [-0.3, -0.25) is 0 Å². The van der Waals surface area contributed by atoms with Crippen LogP contribution in [0.4, 0.5) is 0 Å². The molecule has 1 unspecified atom stereocenters. The van der Waals surface area contributed by atoms with Crippen LogP contribution < -0.4 is 11.1 Å². The molecule has 3 N–H and O–H groups in total. The van der Waals surface area contributed by atoms with Gasteiger partial charge in [0.05, 0.1) is 5.70 Å². The van der Waals surface area contributed by atoms with E-state index in [1.54, 1.807) is 6.20 Å². The third kappa shape index (κ3) is 4.45. The summed E-state index contributed by atoms with van der Waals surface area (Å²) in [6.07, 6.45) is 7.29. The monoisotopic (exact) mass is 374 g/mol. The molecular formula is C24H30N4. The zero-order chi connectivity index (χ0) is 19.9. The standard InChI is InChI=1S/C17H22N4.C7H8/c1-3-5-12-6-8-13(9-7-12)15-16-17(18)19-10-11-21(16)14(4-2)20-15;1-7-5-3-2-4-6-7/h6-11,14,20H,3-5H2,1-2H3,(H2,18,19);2-6H,1H3. The molecule has 0 spiro atoms. The van der Waals surface area contributed by atoms with Crippen molar-refractivity contribution in [1.82, 2.24) is 10.2 Å². The smallest absolute Gasteiger partial charge is 0.149 e. The van der Waals surface area contributed by atoms with Crippen molar-refractivity contribution in [2.24, 2.45) is 10.7 Å². The first-order chi connectivity index (χ1) is 13.6. The second kappa shape index (κ2) is 9.27. The molecule has 0 saturated heterocycles. The zero-order valence-electron chi connectivity index (χ0n) is 17.0. The van der Waals surface area contributed by atoms with E-state index < -0.39 is 0 Å². The number of rotatable bonds is 4. The van der Waals surface area contributed by atoms with Gasteiger partial charge >= 0.3 is 0 Å². The number of hydrogen-bond acceptors (Lipinski definition) is 4. The van der Waals surface area contributed by atoms with Crippen LogP contribution in [0.25, 0.3) is 5.70 Å². The molecule has 0 bridgehead atoms. The van der Waals surface area contributed by atoms with Crippen molar-refractivity contribution >= 4 is 11.5 Å². The molecule has 2 aliphatic rings. The third-order valence-electron chi connectivity index (χ3n) is 4.93. The van der Waals surface area contributed by atoms with Crippen LogP contribution in [0.15, 0.2) is 77.7 Å². The molecule has 0 fully saturated rings. The predicted molar refractivity (Wildman–Crippen MR) is 118 cm³/mol. The van der Waals surface area contributed by atoms with Crippen molar-refractivity contribution in [2.45, 2.75) is 46.2 Å². The van der Waals surface area contributed by atoms with Gasteiger partial charge in [-0.2, -0.15) is 0 Å². The number of aryl methyl sites for hydroxylation is 2. The molecule has 0 amide bonds. The lowest BCUT2D eigenvalue weighted by molar-refractivity contribution is 0.344. The summed E-state index contributed by atoms with van der Waals surface area (Å²) in [5, 5.41) is 3.57. The van der Waals surface area contributed by atoms with Gasteiger partial charge in [0.2, 0.25) is 0 Å². The Labute approximate surface area is 168 Å². The number of nitrogens with zero attached hydrogens (tertiary/aromatic N) is 2. The van der Waals surface area contributed by atoms with Crippen molar-refractivity contribution in [3.8, 4) is 0 Å². The number of fused-ring (bicyclic) bond motifs is 1. The van der Waals surface area contributed by atoms with Crippen molar-refractivity contribution in [2.75, 3.05) is 0 Å². The molecule has 2 heterocycles. The molecule has 0 radical (unpaired) electrons. The highest BCUT2D eigenvalue weighted by atomic mass is 15.3. The summed E-state index contributed by atoms with van der Waals surface area (Å²) < 4.78 is 0. The normalized spacial score (nSPS) is 17.5. The van der Waals surface area contributed by atoms with E-state index in [0.29, 0.717) is 5.84 Å². The van der Waals surface area contributed by atoms with Crippen LogP contribution in [0, 0.1) is 6.92 Å². The van der Waals surface area contributed by atoms with Crippen molar-refractivity contribution in [3.05, 3.63) is 89.4 Å². The Morgan fingerprint density at radius 3 is 2.32 bits per heavy atom. The average Bonchev–Trinajstić information content (AvgIpc) is 3.10. The molecule has 2 aromatic carbocycles. The highest BCUT2D eigenvalue weighted by Gasteiger charge is 2.32. The number of amidine groups is 1. The van der Waals surface area contributed by atoms with Crippen LogP contribution >= 0.6 is 0 Å². The van der Waals surface area contributed by atoms with Crippen LogP contribution in [0.3, 0.4) is 0 Å². The summed E-state index contributed by atoms with van der Waals surface area (Å²) in [6, 6.07) is 19.0. The van der Waals surface area contributed by atoms with Crippen LogP contribution in [0.2, 0.25) is 0 Å². The molecule has 0 saturated carbocycles. The van der Waals surface area contributed by atoms with Gasteiger partial charge in [-0.15, -0.1) is 0 Å². The molecular weight excluding hydrogens is 344 g/mol. The molecule has 1 atom stereocenters. The van der Waals surface area contributed by atoms with Crippen LogP contribution in [0.5, 0.6) is 0 Å². The second-order valence-electron chi connectivity index (χ2n) is 7.11. The number of hydrogen-bond donors (Lipinski definition) is 2. The lowest BCUT2D eigenvalue weighted by atomic mass is 10.0. The van der Waals surface area contributed by atoms with E-state index in [1.165, 1.54) is 23.1 Å². The van der Waals surface area contributed by atoms with E-state index in [-0.39, 0.29) is 6.17 Å². The largest absolute Gasteiger partial charge is 0.382 e. The van der Waals surface area contributed by atoms with Crippen LogP contribution in [-0.2, 0) is 6.42 Å². The summed E-state index contributed by atoms with van der Waals surface area (Å²) in [4.78, 5) is 6.42. The fourth-order valence-electron chi connectivity index (χ4n) is 3.45. The molecule has 2 aromatic rings. The van der Waals surface area contributed by atoms with E-state index in [1.807, 2.05) is 24.4 Å². The maximum absolute atomic E-state index is 6.10. The lowest BCUT2D eigenvalue weighted by Crippen LogP contribution is -2.36. The molecule has 28 heavy (non-hydrogen) atoms. The number of benzene rings is 2.